The van der Waals surface area contributed by atoms with Crippen molar-refractivity contribution >= 4 is 11.7 Å². The number of rotatable bonds is 4. The van der Waals surface area contributed by atoms with E-state index in [1.54, 1.807) is 0 Å². The van der Waals surface area contributed by atoms with Crippen LogP contribution in [0.25, 0.3) is 0 Å². The molecule has 1 saturated carbocycles. The van der Waals surface area contributed by atoms with Gasteiger partial charge in [0.25, 0.3) is 0 Å². The fourth-order valence-electron chi connectivity index (χ4n) is 2.55. The second-order valence-corrected chi connectivity index (χ2v) is 5.89. The van der Waals surface area contributed by atoms with Crippen LogP contribution in [0.5, 0.6) is 0 Å². The molecule has 2 rings (SSSR count). The lowest BCUT2D eigenvalue weighted by Crippen LogP contribution is -2.43. The third kappa shape index (κ3) is 4.93. The average Bonchev–Trinajstić information content (AvgIpc) is 2.48. The first-order valence-corrected chi connectivity index (χ1v) is 7.53. The summed E-state index contributed by atoms with van der Waals surface area (Å²) in [6.45, 7) is 0.523. The number of nitrogens with zero attached hydrogens (tertiary/aromatic N) is 1. The van der Waals surface area contributed by atoms with Crippen LogP contribution in [0.15, 0.2) is 24.3 Å². The molecule has 2 amide bonds. The van der Waals surface area contributed by atoms with E-state index >= 15 is 0 Å². The molecular weight excluding hydrogens is 266 g/mol. The summed E-state index contributed by atoms with van der Waals surface area (Å²) in [5, 5.41) is 15.3. The van der Waals surface area contributed by atoms with E-state index in [9.17, 15) is 9.90 Å². The van der Waals surface area contributed by atoms with Gasteiger partial charge in [0.2, 0.25) is 0 Å². The maximum Gasteiger partial charge on any atom is 0.315 e. The minimum absolute atomic E-state index is 0.131. The molecule has 3 N–H and O–H groups in total. The number of nitrogens with one attached hydrogen (secondary N) is 2. The van der Waals surface area contributed by atoms with Crippen LogP contribution in [-0.4, -0.2) is 37.4 Å². The Kier molecular flexibility index (Phi) is 5.44. The van der Waals surface area contributed by atoms with Gasteiger partial charge in [-0.2, -0.15) is 0 Å². The zero-order chi connectivity index (χ0) is 15.2. The summed E-state index contributed by atoms with van der Waals surface area (Å²) in [6, 6.07) is 8.17. The SMILES string of the molecule is CN(C)c1ccc(CNC(=O)NC2CCC(O)CC2)cc1. The molecule has 116 valence electrons. The maximum absolute atomic E-state index is 11.8. The number of hydrogen-bond donors (Lipinski definition) is 3. The van der Waals surface area contributed by atoms with Gasteiger partial charge in [0.15, 0.2) is 0 Å². The number of carbonyl (C=O) groups excluding carboxylic acids is 1. The number of amides is 2. The Balaban J connectivity index is 1.73. The van der Waals surface area contributed by atoms with Crippen LogP contribution in [-0.2, 0) is 6.54 Å². The molecule has 0 aliphatic heterocycles. The van der Waals surface area contributed by atoms with Gasteiger partial charge in [0.05, 0.1) is 6.10 Å². The molecular formula is C16H25N3O2. The van der Waals surface area contributed by atoms with Crippen molar-refractivity contribution in [1.29, 1.82) is 0 Å². The van der Waals surface area contributed by atoms with Gasteiger partial charge < -0.3 is 20.6 Å². The fourth-order valence-corrected chi connectivity index (χ4v) is 2.55. The lowest BCUT2D eigenvalue weighted by atomic mass is 9.93. The third-order valence-corrected chi connectivity index (χ3v) is 3.94. The standard InChI is InChI=1S/C16H25N3O2/c1-19(2)14-7-3-12(4-8-14)11-17-16(21)18-13-5-9-15(20)10-6-13/h3-4,7-8,13,15,20H,5-6,9-11H2,1-2H3,(H2,17,18,21). The van der Waals surface area contributed by atoms with Crippen LogP contribution in [0.1, 0.15) is 31.2 Å². The van der Waals surface area contributed by atoms with Crippen molar-refractivity contribution in [2.75, 3.05) is 19.0 Å². The highest BCUT2D eigenvalue weighted by Gasteiger charge is 2.20. The maximum atomic E-state index is 11.8. The quantitative estimate of drug-likeness (QED) is 0.793. The third-order valence-electron chi connectivity index (χ3n) is 3.94. The summed E-state index contributed by atoms with van der Waals surface area (Å²) in [6.07, 6.45) is 3.06. The van der Waals surface area contributed by atoms with Gasteiger partial charge in [-0.25, -0.2) is 4.79 Å². The number of urea groups is 1. The zero-order valence-electron chi connectivity index (χ0n) is 12.8. The van der Waals surface area contributed by atoms with E-state index in [0.29, 0.717) is 6.54 Å². The topological polar surface area (TPSA) is 64.6 Å². The number of anilines is 1. The molecule has 5 heteroatoms. The number of benzene rings is 1. The minimum atomic E-state index is -0.193. The largest absolute Gasteiger partial charge is 0.393 e. The van der Waals surface area contributed by atoms with Crippen molar-refractivity contribution in [2.24, 2.45) is 0 Å². The van der Waals surface area contributed by atoms with E-state index in [4.69, 9.17) is 0 Å². The van der Waals surface area contributed by atoms with Gasteiger partial charge in [-0.1, -0.05) is 12.1 Å². The Hall–Kier alpha value is -1.75. The Morgan fingerprint density at radius 3 is 2.38 bits per heavy atom. The van der Waals surface area contributed by atoms with Crippen LogP contribution in [0.4, 0.5) is 10.5 Å². The normalized spacial score (nSPS) is 21.7. The highest BCUT2D eigenvalue weighted by atomic mass is 16.3. The monoisotopic (exact) mass is 291 g/mol. The van der Waals surface area contributed by atoms with Crippen molar-refractivity contribution in [2.45, 2.75) is 44.4 Å². The van der Waals surface area contributed by atoms with Crippen molar-refractivity contribution < 1.29 is 9.90 Å². The van der Waals surface area contributed by atoms with Crippen LogP contribution in [0.2, 0.25) is 0 Å². The van der Waals surface area contributed by atoms with Crippen LogP contribution in [0, 0.1) is 0 Å². The van der Waals surface area contributed by atoms with Gasteiger partial charge in [0, 0.05) is 32.4 Å². The van der Waals surface area contributed by atoms with Crippen molar-refractivity contribution in [3.63, 3.8) is 0 Å². The highest BCUT2D eigenvalue weighted by Crippen LogP contribution is 2.18. The van der Waals surface area contributed by atoms with E-state index in [2.05, 4.69) is 10.6 Å². The van der Waals surface area contributed by atoms with E-state index in [1.807, 2.05) is 43.3 Å². The van der Waals surface area contributed by atoms with Crippen LogP contribution >= 0.6 is 0 Å². The second kappa shape index (κ2) is 7.31. The van der Waals surface area contributed by atoms with Gasteiger partial charge in [-0.3, -0.25) is 0 Å². The summed E-state index contributed by atoms with van der Waals surface area (Å²) in [7, 11) is 4.00. The van der Waals surface area contributed by atoms with E-state index in [0.717, 1.165) is 36.9 Å². The summed E-state index contributed by atoms with van der Waals surface area (Å²) in [5.74, 6) is 0. The molecule has 21 heavy (non-hydrogen) atoms. The molecule has 0 saturated heterocycles. The molecule has 0 unspecified atom stereocenters. The molecule has 0 heterocycles. The van der Waals surface area contributed by atoms with E-state index in [-0.39, 0.29) is 18.2 Å². The summed E-state index contributed by atoms with van der Waals surface area (Å²) in [4.78, 5) is 13.9. The zero-order valence-corrected chi connectivity index (χ0v) is 12.8. The molecule has 1 aliphatic carbocycles. The first-order chi connectivity index (χ1) is 10.0. The smallest absolute Gasteiger partial charge is 0.315 e. The predicted molar refractivity (Wildman–Crippen MR) is 84.4 cm³/mol. The first-order valence-electron chi connectivity index (χ1n) is 7.53. The molecule has 0 spiro atoms. The summed E-state index contributed by atoms with van der Waals surface area (Å²) in [5.41, 5.74) is 2.22. The Bertz CT molecular complexity index is 451. The fraction of sp³-hybridized carbons (Fsp3) is 0.562. The number of aliphatic hydroxyl groups excluding tert-OH is 1. The van der Waals surface area contributed by atoms with Gasteiger partial charge >= 0.3 is 6.03 Å². The van der Waals surface area contributed by atoms with Crippen LogP contribution < -0.4 is 15.5 Å². The Morgan fingerprint density at radius 2 is 1.81 bits per heavy atom. The molecule has 1 aromatic carbocycles. The van der Waals surface area contributed by atoms with E-state index in [1.165, 1.54) is 0 Å². The Morgan fingerprint density at radius 1 is 1.19 bits per heavy atom. The molecule has 1 fully saturated rings. The second-order valence-electron chi connectivity index (χ2n) is 5.89. The Labute approximate surface area is 126 Å². The van der Waals surface area contributed by atoms with Gasteiger partial charge in [-0.05, 0) is 43.4 Å². The first kappa shape index (κ1) is 15.6. The minimum Gasteiger partial charge on any atom is -0.393 e. The van der Waals surface area contributed by atoms with Gasteiger partial charge in [0.1, 0.15) is 0 Å². The number of carbonyl (C=O) groups is 1. The number of hydrogen-bond acceptors (Lipinski definition) is 3. The molecule has 0 aromatic heterocycles. The van der Waals surface area contributed by atoms with Crippen LogP contribution in [0.3, 0.4) is 0 Å². The predicted octanol–water partition coefficient (Wildman–Crippen LogP) is 1.86. The lowest BCUT2D eigenvalue weighted by Gasteiger charge is -2.26. The molecule has 0 radical (unpaired) electrons. The summed E-state index contributed by atoms with van der Waals surface area (Å²) >= 11 is 0. The average molecular weight is 291 g/mol. The van der Waals surface area contributed by atoms with Gasteiger partial charge in [-0.15, -0.1) is 0 Å². The lowest BCUT2D eigenvalue weighted by molar-refractivity contribution is 0.117. The highest BCUT2D eigenvalue weighted by molar-refractivity contribution is 5.74. The van der Waals surface area contributed by atoms with Crippen molar-refractivity contribution in [1.82, 2.24) is 10.6 Å². The molecule has 5 nitrogen and oxygen atoms in total. The molecule has 1 aliphatic rings. The van der Waals surface area contributed by atoms with E-state index < -0.39 is 0 Å². The van der Waals surface area contributed by atoms with Crippen molar-refractivity contribution in [3.8, 4) is 0 Å². The van der Waals surface area contributed by atoms with Crippen molar-refractivity contribution in [3.05, 3.63) is 29.8 Å². The summed E-state index contributed by atoms with van der Waals surface area (Å²) < 4.78 is 0. The molecule has 0 atom stereocenters. The molecule has 1 aromatic rings. The number of aliphatic hydroxyl groups is 1. The molecule has 0 bridgehead atoms.